The fourth-order valence-electron chi connectivity index (χ4n) is 5.44. The van der Waals surface area contributed by atoms with E-state index in [9.17, 15) is 37.1 Å². The summed E-state index contributed by atoms with van der Waals surface area (Å²) in [5.74, 6) is -6.29. The molecule has 2 saturated heterocycles. The van der Waals surface area contributed by atoms with Crippen LogP contribution in [-0.4, -0.2) is 83.2 Å². The van der Waals surface area contributed by atoms with Gasteiger partial charge in [0.15, 0.2) is 0 Å². The first-order chi connectivity index (χ1) is 17.2. The van der Waals surface area contributed by atoms with E-state index in [1.54, 1.807) is 13.8 Å². The van der Waals surface area contributed by atoms with Crippen molar-refractivity contribution in [1.29, 1.82) is 0 Å². The van der Waals surface area contributed by atoms with Crippen LogP contribution in [0.5, 0.6) is 0 Å². The molecule has 0 aromatic rings. The van der Waals surface area contributed by atoms with Crippen LogP contribution >= 0.6 is 11.6 Å². The van der Waals surface area contributed by atoms with E-state index in [0.29, 0.717) is 24.4 Å². The molecule has 0 unspecified atom stereocenters. The van der Waals surface area contributed by atoms with E-state index in [4.69, 9.17) is 11.6 Å². The molecule has 3 fully saturated rings. The molecule has 0 aromatic heterocycles. The van der Waals surface area contributed by atoms with Gasteiger partial charge in [0.1, 0.15) is 12.1 Å². The molecule has 3 aliphatic rings. The van der Waals surface area contributed by atoms with E-state index in [0.717, 1.165) is 0 Å². The van der Waals surface area contributed by atoms with Gasteiger partial charge in [-0.15, -0.1) is 0 Å². The molecular weight excluding hydrogens is 519 g/mol. The molecule has 5 amide bonds. The highest BCUT2D eigenvalue weighted by Gasteiger charge is 2.69. The zero-order valence-corrected chi connectivity index (χ0v) is 21.9. The molecule has 0 bridgehead atoms. The van der Waals surface area contributed by atoms with Crippen LogP contribution in [0.25, 0.3) is 0 Å². The van der Waals surface area contributed by atoms with Crippen molar-refractivity contribution in [2.75, 3.05) is 19.6 Å². The van der Waals surface area contributed by atoms with Crippen molar-refractivity contribution in [1.82, 2.24) is 26.0 Å². The van der Waals surface area contributed by atoms with E-state index in [2.05, 4.69) is 16.1 Å². The number of hydrogen-bond donors (Lipinski definition) is 3. The first-order valence-electron chi connectivity index (χ1n) is 12.3. The number of likely N-dealkylation sites (tertiary alicyclic amines) is 1. The van der Waals surface area contributed by atoms with Crippen molar-refractivity contribution in [3.63, 3.8) is 0 Å². The number of nitrogens with zero attached hydrogens (tertiary/aromatic N) is 2. The topological polar surface area (TPSA) is 128 Å². The molecule has 3 N–H and O–H groups in total. The van der Waals surface area contributed by atoms with Crippen LogP contribution in [0, 0.1) is 29.1 Å². The Bertz CT molecular complexity index is 952. The van der Waals surface area contributed by atoms with Crippen molar-refractivity contribution in [2.45, 2.75) is 64.7 Å². The number of piperidine rings is 1. The summed E-state index contributed by atoms with van der Waals surface area (Å²) < 4.78 is 39.6. The highest BCUT2D eigenvalue weighted by atomic mass is 35.5. The molecular formula is C23H33ClF3N5O5. The van der Waals surface area contributed by atoms with E-state index in [1.165, 1.54) is 4.90 Å². The van der Waals surface area contributed by atoms with Crippen molar-refractivity contribution < 1.29 is 37.1 Å². The number of hydrogen-bond acceptors (Lipinski definition) is 5. The molecule has 0 spiro atoms. The van der Waals surface area contributed by atoms with Gasteiger partial charge in [-0.1, -0.05) is 45.7 Å². The van der Waals surface area contributed by atoms with E-state index < -0.39 is 59.6 Å². The third-order valence-corrected chi connectivity index (χ3v) is 8.19. The lowest BCUT2D eigenvalue weighted by Gasteiger charge is -2.36. The summed E-state index contributed by atoms with van der Waals surface area (Å²) in [4.78, 5) is 64.4. The molecule has 14 heteroatoms. The normalized spacial score (nSPS) is 28.1. The Hall–Kier alpha value is -2.57. The Morgan fingerprint density at radius 1 is 1.24 bits per heavy atom. The summed E-state index contributed by atoms with van der Waals surface area (Å²) in [6.45, 7) is 7.38. The van der Waals surface area contributed by atoms with Gasteiger partial charge in [-0.05, 0) is 29.6 Å². The standard InChI is InChI=1S/C23H33ClF3N5O5/c1-5-10(2)14(29-20(35)17(26)27)21(36)31-9-12-13(23(12,3)4)15(31)19(34)30-32(22(37)16(24)25)8-11-6-7-28-18(11)33/h10-17H,5-9H2,1-4H3,(H,28,33)(H,29,35)(H,30,34)/t10-,11-,12-,13-,14-,15-,16+/m0/s1. The molecule has 0 radical (unpaired) electrons. The summed E-state index contributed by atoms with van der Waals surface area (Å²) in [5.41, 5.74) is -0.456. The Labute approximate surface area is 217 Å². The molecule has 0 aromatic carbocycles. The van der Waals surface area contributed by atoms with Gasteiger partial charge >= 0.3 is 6.43 Å². The second-order valence-corrected chi connectivity index (χ2v) is 10.9. The van der Waals surface area contributed by atoms with Crippen molar-refractivity contribution in [3.05, 3.63) is 0 Å². The minimum absolute atomic E-state index is 0.0812. The van der Waals surface area contributed by atoms with Crippen molar-refractivity contribution in [3.8, 4) is 0 Å². The number of rotatable bonds is 9. The Balaban J connectivity index is 1.85. The highest BCUT2D eigenvalue weighted by molar-refractivity contribution is 6.29. The number of fused-ring (bicyclic) bond motifs is 1. The third kappa shape index (κ3) is 5.80. The van der Waals surface area contributed by atoms with Gasteiger partial charge in [0, 0.05) is 13.1 Å². The van der Waals surface area contributed by atoms with E-state index >= 15 is 0 Å². The first kappa shape index (κ1) is 29.0. The van der Waals surface area contributed by atoms with Crippen molar-refractivity contribution in [2.24, 2.45) is 29.1 Å². The highest BCUT2D eigenvalue weighted by Crippen LogP contribution is 2.65. The second-order valence-electron chi connectivity index (χ2n) is 10.6. The van der Waals surface area contributed by atoms with Gasteiger partial charge in [-0.3, -0.25) is 29.4 Å². The maximum atomic E-state index is 13.7. The number of amides is 5. The lowest BCUT2D eigenvalue weighted by atomic mass is 9.95. The Morgan fingerprint density at radius 3 is 2.41 bits per heavy atom. The predicted octanol–water partition coefficient (Wildman–Crippen LogP) is 0.796. The number of halogens is 4. The fraction of sp³-hybridized carbons (Fsp3) is 0.783. The van der Waals surface area contributed by atoms with Crippen LogP contribution in [0.2, 0.25) is 0 Å². The van der Waals surface area contributed by atoms with Crippen LogP contribution in [0.1, 0.15) is 40.5 Å². The molecule has 208 valence electrons. The minimum Gasteiger partial charge on any atom is -0.356 e. The number of hydrazine groups is 1. The summed E-state index contributed by atoms with van der Waals surface area (Å²) in [7, 11) is 0. The molecule has 37 heavy (non-hydrogen) atoms. The summed E-state index contributed by atoms with van der Waals surface area (Å²) in [6.07, 6.45) is -2.56. The lowest BCUT2D eigenvalue weighted by molar-refractivity contribution is -0.151. The fourth-order valence-corrected chi connectivity index (χ4v) is 5.56. The predicted molar refractivity (Wildman–Crippen MR) is 125 cm³/mol. The Kier molecular flexibility index (Phi) is 8.65. The zero-order valence-electron chi connectivity index (χ0n) is 21.1. The minimum atomic E-state index is -3.32. The molecule has 1 aliphatic carbocycles. The zero-order chi connectivity index (χ0) is 27.8. The van der Waals surface area contributed by atoms with E-state index in [-0.39, 0.29) is 36.2 Å². The summed E-state index contributed by atoms with van der Waals surface area (Å²) in [6, 6.07) is -2.40. The number of alkyl halides is 4. The van der Waals surface area contributed by atoms with Gasteiger partial charge in [0.2, 0.25) is 11.8 Å². The van der Waals surface area contributed by atoms with Crippen LogP contribution in [0.3, 0.4) is 0 Å². The van der Waals surface area contributed by atoms with Gasteiger partial charge in [-0.25, -0.2) is 9.40 Å². The first-order valence-corrected chi connectivity index (χ1v) is 12.7. The van der Waals surface area contributed by atoms with Gasteiger partial charge in [0.25, 0.3) is 23.4 Å². The van der Waals surface area contributed by atoms with E-state index in [1.807, 2.05) is 13.8 Å². The molecule has 3 rings (SSSR count). The number of nitrogens with one attached hydrogen (secondary N) is 3. The molecule has 7 atom stereocenters. The quantitative estimate of drug-likeness (QED) is 0.288. The second kappa shape index (κ2) is 11.0. The largest absolute Gasteiger partial charge is 0.356 e. The average Bonchev–Trinajstić information content (AvgIpc) is 3.19. The van der Waals surface area contributed by atoms with Crippen LogP contribution < -0.4 is 16.1 Å². The number of carbonyl (C=O) groups is 5. The molecule has 1 saturated carbocycles. The monoisotopic (exact) mass is 551 g/mol. The third-order valence-electron chi connectivity index (χ3n) is 8.00. The van der Waals surface area contributed by atoms with Gasteiger partial charge in [0.05, 0.1) is 12.5 Å². The molecule has 2 heterocycles. The number of carbonyl (C=O) groups excluding carboxylic acids is 5. The van der Waals surface area contributed by atoms with Crippen molar-refractivity contribution >= 4 is 41.1 Å². The lowest BCUT2D eigenvalue weighted by Crippen LogP contribution is -2.60. The summed E-state index contributed by atoms with van der Waals surface area (Å²) >= 11 is 5.34. The van der Waals surface area contributed by atoms with Crippen LogP contribution in [-0.2, 0) is 24.0 Å². The van der Waals surface area contributed by atoms with Gasteiger partial charge in [-0.2, -0.15) is 8.78 Å². The average molecular weight is 552 g/mol. The maximum Gasteiger partial charge on any atom is 0.315 e. The smallest absolute Gasteiger partial charge is 0.315 e. The van der Waals surface area contributed by atoms with Crippen LogP contribution in [0.15, 0.2) is 0 Å². The maximum absolute atomic E-state index is 13.7. The summed E-state index contributed by atoms with van der Waals surface area (Å²) in [5, 5.41) is 5.34. The Morgan fingerprint density at radius 2 is 1.89 bits per heavy atom. The molecule has 10 nitrogen and oxygen atoms in total. The van der Waals surface area contributed by atoms with Gasteiger partial charge < -0.3 is 15.5 Å². The SMILES string of the molecule is CC[C@H](C)[C@H](NC(=O)C(F)F)C(=O)N1C[C@H]2[C@@H]([C@H]1C(=O)NN(C[C@@H]1CCNC1=O)C(=O)[C@@H](F)Cl)C2(C)C. The molecule has 2 aliphatic heterocycles. The van der Waals surface area contributed by atoms with Crippen LogP contribution in [0.4, 0.5) is 13.2 Å².